The lowest BCUT2D eigenvalue weighted by Crippen LogP contribution is -2.38. The number of hydrogen-bond donors (Lipinski definition) is 1. The summed E-state index contributed by atoms with van der Waals surface area (Å²) in [5.41, 5.74) is 1.18. The number of guanidine groups is 1. The summed E-state index contributed by atoms with van der Waals surface area (Å²) in [6.45, 7) is 7.57. The quantitative estimate of drug-likeness (QED) is 0.442. The van der Waals surface area contributed by atoms with Crippen molar-refractivity contribution in [2.45, 2.75) is 39.8 Å². The second-order valence-corrected chi connectivity index (χ2v) is 6.53. The number of benzene rings is 1. The first-order valence-corrected chi connectivity index (χ1v) is 9.19. The SMILES string of the molecule is CCNC(=NCCCCn1ccnc1C)N(C)Cc1cccc(Cl)c1. The monoisotopic (exact) mass is 361 g/mol. The van der Waals surface area contributed by atoms with Gasteiger partial charge in [0.05, 0.1) is 0 Å². The van der Waals surface area contributed by atoms with Crippen LogP contribution in [0.25, 0.3) is 0 Å². The van der Waals surface area contributed by atoms with E-state index in [1.165, 1.54) is 5.56 Å². The highest BCUT2D eigenvalue weighted by Gasteiger charge is 2.06. The summed E-state index contributed by atoms with van der Waals surface area (Å²) in [4.78, 5) is 11.1. The molecule has 1 aromatic carbocycles. The molecule has 0 spiro atoms. The van der Waals surface area contributed by atoms with Gasteiger partial charge in [0.25, 0.3) is 0 Å². The Morgan fingerprint density at radius 3 is 2.88 bits per heavy atom. The Kier molecular flexibility index (Phi) is 7.79. The van der Waals surface area contributed by atoms with Gasteiger partial charge in [-0.05, 0) is 44.4 Å². The van der Waals surface area contributed by atoms with E-state index in [0.29, 0.717) is 0 Å². The van der Waals surface area contributed by atoms with Crippen molar-refractivity contribution in [1.82, 2.24) is 19.8 Å². The minimum Gasteiger partial charge on any atom is -0.357 e. The number of aryl methyl sites for hydroxylation is 2. The fourth-order valence-electron chi connectivity index (χ4n) is 2.67. The van der Waals surface area contributed by atoms with Crippen LogP contribution in [0, 0.1) is 6.92 Å². The molecule has 0 bridgehead atoms. The van der Waals surface area contributed by atoms with E-state index in [-0.39, 0.29) is 0 Å². The van der Waals surface area contributed by atoms with E-state index in [0.717, 1.165) is 55.8 Å². The fourth-order valence-corrected chi connectivity index (χ4v) is 2.89. The topological polar surface area (TPSA) is 45.5 Å². The number of rotatable bonds is 8. The Balaban J connectivity index is 1.83. The van der Waals surface area contributed by atoms with E-state index in [9.17, 15) is 0 Å². The van der Waals surface area contributed by atoms with Crippen LogP contribution in [0.5, 0.6) is 0 Å². The molecule has 0 saturated heterocycles. The molecule has 1 aromatic heterocycles. The van der Waals surface area contributed by atoms with E-state index < -0.39 is 0 Å². The lowest BCUT2D eigenvalue weighted by atomic mass is 10.2. The largest absolute Gasteiger partial charge is 0.357 e. The molecule has 25 heavy (non-hydrogen) atoms. The third kappa shape index (κ3) is 6.42. The van der Waals surface area contributed by atoms with Crippen LogP contribution in [0.1, 0.15) is 31.2 Å². The summed E-state index contributed by atoms with van der Waals surface area (Å²) in [6, 6.07) is 7.95. The molecular weight excluding hydrogens is 334 g/mol. The van der Waals surface area contributed by atoms with Crippen molar-refractivity contribution >= 4 is 17.6 Å². The van der Waals surface area contributed by atoms with E-state index in [1.54, 1.807) is 0 Å². The minimum atomic E-state index is 0.766. The average Bonchev–Trinajstić information content (AvgIpc) is 2.98. The molecule has 0 fully saturated rings. The number of imidazole rings is 1. The highest BCUT2D eigenvalue weighted by molar-refractivity contribution is 6.30. The number of hydrogen-bond acceptors (Lipinski definition) is 2. The van der Waals surface area contributed by atoms with Crippen LogP contribution in [0.4, 0.5) is 0 Å². The maximum atomic E-state index is 6.07. The molecule has 0 unspecified atom stereocenters. The zero-order chi connectivity index (χ0) is 18.1. The van der Waals surface area contributed by atoms with Crippen LogP contribution in [0.2, 0.25) is 5.02 Å². The Bertz CT molecular complexity index is 680. The lowest BCUT2D eigenvalue weighted by molar-refractivity contribution is 0.475. The van der Waals surface area contributed by atoms with Crippen LogP contribution in [0.3, 0.4) is 0 Å². The third-order valence-corrected chi connectivity index (χ3v) is 4.23. The van der Waals surface area contributed by atoms with Crippen LogP contribution in [0.15, 0.2) is 41.7 Å². The van der Waals surface area contributed by atoms with Crippen molar-refractivity contribution < 1.29 is 0 Å². The molecule has 5 nitrogen and oxygen atoms in total. The smallest absolute Gasteiger partial charge is 0.193 e. The molecule has 1 N–H and O–H groups in total. The second-order valence-electron chi connectivity index (χ2n) is 6.10. The van der Waals surface area contributed by atoms with Gasteiger partial charge in [0, 0.05) is 50.6 Å². The predicted octanol–water partition coefficient (Wildman–Crippen LogP) is 3.72. The van der Waals surface area contributed by atoms with Gasteiger partial charge in [0.1, 0.15) is 5.82 Å². The van der Waals surface area contributed by atoms with E-state index in [1.807, 2.05) is 37.5 Å². The lowest BCUT2D eigenvalue weighted by Gasteiger charge is -2.22. The van der Waals surface area contributed by atoms with Gasteiger partial charge in [0.2, 0.25) is 0 Å². The zero-order valence-corrected chi connectivity index (χ0v) is 16.1. The maximum Gasteiger partial charge on any atom is 0.193 e. The Morgan fingerprint density at radius 2 is 2.20 bits per heavy atom. The molecule has 0 saturated carbocycles. The molecule has 0 aliphatic rings. The van der Waals surface area contributed by atoms with Crippen molar-refractivity contribution in [3.05, 3.63) is 53.1 Å². The summed E-state index contributed by atoms with van der Waals surface area (Å²) in [5, 5.41) is 4.12. The van der Waals surface area contributed by atoms with E-state index in [2.05, 4.69) is 39.8 Å². The number of aliphatic imine (C=N–C) groups is 1. The molecule has 2 rings (SSSR count). The van der Waals surface area contributed by atoms with Gasteiger partial charge in [-0.3, -0.25) is 4.99 Å². The molecular formula is C19H28ClN5. The molecule has 0 radical (unpaired) electrons. The number of halogens is 1. The molecule has 0 aliphatic carbocycles. The van der Waals surface area contributed by atoms with Crippen LogP contribution >= 0.6 is 11.6 Å². The summed E-state index contributed by atoms with van der Waals surface area (Å²) >= 11 is 6.07. The van der Waals surface area contributed by atoms with Gasteiger partial charge in [-0.2, -0.15) is 0 Å². The summed E-state index contributed by atoms with van der Waals surface area (Å²) in [5.74, 6) is 2.00. The average molecular weight is 362 g/mol. The number of aromatic nitrogens is 2. The Morgan fingerprint density at radius 1 is 1.36 bits per heavy atom. The number of nitrogens with zero attached hydrogens (tertiary/aromatic N) is 4. The predicted molar refractivity (Wildman–Crippen MR) is 105 cm³/mol. The maximum absolute atomic E-state index is 6.07. The van der Waals surface area contributed by atoms with Crippen LogP contribution < -0.4 is 5.32 Å². The molecule has 0 atom stereocenters. The van der Waals surface area contributed by atoms with Crippen molar-refractivity contribution in [2.75, 3.05) is 20.1 Å². The normalized spacial score (nSPS) is 11.6. The van der Waals surface area contributed by atoms with Crippen molar-refractivity contribution in [3.8, 4) is 0 Å². The van der Waals surface area contributed by atoms with Gasteiger partial charge in [-0.15, -0.1) is 0 Å². The standard InChI is InChI=1S/C19H28ClN5/c1-4-21-19(24(3)15-17-8-7-9-18(20)14-17)23-10-5-6-12-25-13-11-22-16(25)2/h7-9,11,13-14H,4-6,10,12,15H2,1-3H3,(H,21,23). The summed E-state index contributed by atoms with van der Waals surface area (Å²) in [7, 11) is 2.05. The van der Waals surface area contributed by atoms with E-state index in [4.69, 9.17) is 16.6 Å². The molecule has 136 valence electrons. The highest BCUT2D eigenvalue weighted by Crippen LogP contribution is 2.12. The van der Waals surface area contributed by atoms with Gasteiger partial charge in [-0.25, -0.2) is 4.98 Å². The molecule has 0 amide bonds. The Labute approximate surface area is 155 Å². The Hall–Kier alpha value is -2.01. The van der Waals surface area contributed by atoms with Crippen molar-refractivity contribution in [1.29, 1.82) is 0 Å². The zero-order valence-electron chi connectivity index (χ0n) is 15.4. The van der Waals surface area contributed by atoms with Crippen molar-refractivity contribution in [3.63, 3.8) is 0 Å². The first-order chi connectivity index (χ1) is 12.1. The third-order valence-electron chi connectivity index (χ3n) is 4.00. The first-order valence-electron chi connectivity index (χ1n) is 8.81. The summed E-state index contributed by atoms with van der Waals surface area (Å²) < 4.78 is 2.18. The fraction of sp³-hybridized carbons (Fsp3) is 0.474. The first kappa shape index (κ1) is 19.3. The molecule has 2 aromatic rings. The molecule has 6 heteroatoms. The summed E-state index contributed by atoms with van der Waals surface area (Å²) in [6.07, 6.45) is 6.03. The van der Waals surface area contributed by atoms with Gasteiger partial charge >= 0.3 is 0 Å². The highest BCUT2D eigenvalue weighted by atomic mass is 35.5. The van der Waals surface area contributed by atoms with Gasteiger partial charge in [0.15, 0.2) is 5.96 Å². The van der Waals surface area contributed by atoms with Crippen molar-refractivity contribution in [2.24, 2.45) is 4.99 Å². The van der Waals surface area contributed by atoms with Crippen LogP contribution in [-0.4, -0.2) is 40.5 Å². The van der Waals surface area contributed by atoms with E-state index >= 15 is 0 Å². The van der Waals surface area contributed by atoms with Gasteiger partial charge < -0.3 is 14.8 Å². The van der Waals surface area contributed by atoms with Crippen LogP contribution in [-0.2, 0) is 13.1 Å². The van der Waals surface area contributed by atoms with Gasteiger partial charge in [-0.1, -0.05) is 23.7 Å². The number of nitrogens with one attached hydrogen (secondary N) is 1. The molecule has 1 heterocycles. The molecule has 0 aliphatic heterocycles. The number of unbranched alkanes of at least 4 members (excludes halogenated alkanes) is 1. The second kappa shape index (κ2) is 10.1. The minimum absolute atomic E-state index is 0.766.